The van der Waals surface area contributed by atoms with Crippen LogP contribution in [0.5, 0.6) is 0 Å². The second-order valence-electron chi connectivity index (χ2n) is 7.41. The molecule has 1 fully saturated rings. The van der Waals surface area contributed by atoms with Crippen molar-refractivity contribution in [1.82, 2.24) is 20.9 Å². The first kappa shape index (κ1) is 21.7. The summed E-state index contributed by atoms with van der Waals surface area (Å²) >= 11 is 0. The molecule has 28 heavy (non-hydrogen) atoms. The lowest BCUT2D eigenvalue weighted by atomic mass is 9.99. The van der Waals surface area contributed by atoms with Crippen molar-refractivity contribution in [3.8, 4) is 0 Å². The fourth-order valence-electron chi connectivity index (χ4n) is 3.28. The van der Waals surface area contributed by atoms with E-state index < -0.39 is 5.54 Å². The number of aliphatic imine (C=N–C) groups is 1. The summed E-state index contributed by atoms with van der Waals surface area (Å²) in [6.07, 6.45) is 1.20. The lowest BCUT2D eigenvalue weighted by molar-refractivity contribution is -0.130. The molecule has 7 heteroatoms. The van der Waals surface area contributed by atoms with Crippen LogP contribution < -0.4 is 16.0 Å². The van der Waals surface area contributed by atoms with Gasteiger partial charge in [-0.1, -0.05) is 31.2 Å². The number of rotatable bonds is 8. The van der Waals surface area contributed by atoms with Gasteiger partial charge in [0.25, 0.3) is 5.91 Å². The number of hydrogen-bond donors (Lipinski definition) is 3. The maximum Gasteiger partial charge on any atom is 0.325 e. The molecular formula is C21H33N5O2. The zero-order chi connectivity index (χ0) is 20.7. The predicted octanol–water partition coefficient (Wildman–Crippen LogP) is 2.72. The quantitative estimate of drug-likeness (QED) is 0.277. The van der Waals surface area contributed by atoms with Gasteiger partial charge in [-0.15, -0.1) is 0 Å². The number of hydrogen-bond acceptors (Lipinski definition) is 3. The van der Waals surface area contributed by atoms with Crippen LogP contribution in [0.3, 0.4) is 0 Å². The van der Waals surface area contributed by atoms with Gasteiger partial charge < -0.3 is 16.0 Å². The third kappa shape index (κ3) is 5.03. The van der Waals surface area contributed by atoms with E-state index in [9.17, 15) is 9.59 Å². The number of guanidine groups is 1. The molecule has 2 unspecified atom stereocenters. The molecule has 1 heterocycles. The Labute approximate surface area is 168 Å². The third-order valence-corrected chi connectivity index (χ3v) is 5.21. The summed E-state index contributed by atoms with van der Waals surface area (Å²) in [5.74, 6) is 0.580. The molecule has 1 aliphatic heterocycles. The van der Waals surface area contributed by atoms with Gasteiger partial charge in [0.1, 0.15) is 5.54 Å². The van der Waals surface area contributed by atoms with Gasteiger partial charge in [0.15, 0.2) is 5.96 Å². The molecule has 154 valence electrons. The topological polar surface area (TPSA) is 85.8 Å². The molecular weight excluding hydrogens is 354 g/mol. The molecule has 2 rings (SSSR count). The molecule has 0 aliphatic carbocycles. The summed E-state index contributed by atoms with van der Waals surface area (Å²) < 4.78 is 0. The van der Waals surface area contributed by atoms with Crippen LogP contribution in [0, 0.1) is 6.92 Å². The van der Waals surface area contributed by atoms with Gasteiger partial charge in [0, 0.05) is 19.6 Å². The Morgan fingerprint density at radius 2 is 2.00 bits per heavy atom. The van der Waals surface area contributed by atoms with Crippen LogP contribution in [0.15, 0.2) is 29.3 Å². The van der Waals surface area contributed by atoms with E-state index in [2.05, 4.69) is 46.9 Å². The molecule has 1 aromatic carbocycles. The van der Waals surface area contributed by atoms with Gasteiger partial charge in [0.05, 0.1) is 6.04 Å². The molecule has 2 atom stereocenters. The van der Waals surface area contributed by atoms with Crippen LogP contribution in [0.2, 0.25) is 0 Å². The number of nitrogens with zero attached hydrogens (tertiary/aromatic N) is 2. The number of urea groups is 1. The predicted molar refractivity (Wildman–Crippen MR) is 112 cm³/mol. The second kappa shape index (κ2) is 9.57. The van der Waals surface area contributed by atoms with E-state index in [-0.39, 0.29) is 18.0 Å². The summed E-state index contributed by atoms with van der Waals surface area (Å²) in [6.45, 7) is 11.5. The highest BCUT2D eigenvalue weighted by Gasteiger charge is 2.45. The highest BCUT2D eigenvalue weighted by Crippen LogP contribution is 2.21. The first-order valence-electron chi connectivity index (χ1n) is 10.1. The zero-order valence-electron chi connectivity index (χ0n) is 17.6. The summed E-state index contributed by atoms with van der Waals surface area (Å²) in [5.41, 5.74) is 1.68. The minimum absolute atomic E-state index is 0.121. The Hall–Kier alpha value is -2.57. The molecule has 0 saturated carbocycles. The summed E-state index contributed by atoms with van der Waals surface area (Å²) in [4.78, 5) is 30.4. The molecule has 1 saturated heterocycles. The van der Waals surface area contributed by atoms with Crippen LogP contribution >= 0.6 is 0 Å². The van der Waals surface area contributed by atoms with Gasteiger partial charge in [-0.05, 0) is 51.7 Å². The standard InChI is InChI=1S/C21H33N5O2/c1-6-21(5)18(27)26(20(28)25-21)14-10-13-23-19(22-7-2)24-16(4)17-12-9-8-11-15(17)3/h8-9,11-12,16H,6-7,10,13-14H2,1-5H3,(H,25,28)(H2,22,23,24). The lowest BCUT2D eigenvalue weighted by Crippen LogP contribution is -2.43. The minimum Gasteiger partial charge on any atom is -0.357 e. The molecule has 1 aromatic rings. The van der Waals surface area contributed by atoms with Gasteiger partial charge in [-0.3, -0.25) is 14.7 Å². The lowest BCUT2D eigenvalue weighted by Gasteiger charge is -2.20. The molecule has 0 aromatic heterocycles. The SMILES string of the molecule is CCNC(=NCCCN1C(=O)NC(C)(CC)C1=O)NC(C)c1ccccc1C. The van der Waals surface area contributed by atoms with Crippen LogP contribution in [0.25, 0.3) is 0 Å². The normalized spacial score (nSPS) is 20.9. The van der Waals surface area contributed by atoms with E-state index in [1.165, 1.54) is 16.0 Å². The number of carbonyl (C=O) groups excluding carboxylic acids is 2. The molecule has 0 bridgehead atoms. The van der Waals surface area contributed by atoms with E-state index in [4.69, 9.17) is 0 Å². The molecule has 3 amide bonds. The first-order chi connectivity index (χ1) is 13.3. The van der Waals surface area contributed by atoms with Gasteiger partial charge >= 0.3 is 6.03 Å². The Bertz CT molecular complexity index is 733. The van der Waals surface area contributed by atoms with Crippen molar-refractivity contribution in [1.29, 1.82) is 0 Å². The van der Waals surface area contributed by atoms with E-state index in [0.29, 0.717) is 25.9 Å². The van der Waals surface area contributed by atoms with Crippen molar-refractivity contribution in [3.63, 3.8) is 0 Å². The van der Waals surface area contributed by atoms with Crippen molar-refractivity contribution >= 4 is 17.9 Å². The largest absolute Gasteiger partial charge is 0.357 e. The average Bonchev–Trinajstić information content (AvgIpc) is 2.88. The number of imide groups is 1. The monoisotopic (exact) mass is 387 g/mol. The number of carbonyl (C=O) groups is 2. The van der Waals surface area contributed by atoms with Crippen molar-refractivity contribution in [3.05, 3.63) is 35.4 Å². The van der Waals surface area contributed by atoms with E-state index in [1.54, 1.807) is 6.92 Å². The van der Waals surface area contributed by atoms with E-state index >= 15 is 0 Å². The van der Waals surface area contributed by atoms with Crippen LogP contribution in [0.1, 0.15) is 57.7 Å². The smallest absolute Gasteiger partial charge is 0.325 e. The number of amides is 3. The Kier molecular flexibility index (Phi) is 7.43. The number of aryl methyl sites for hydroxylation is 1. The van der Waals surface area contributed by atoms with E-state index in [1.807, 2.05) is 26.0 Å². The Balaban J connectivity index is 1.92. The highest BCUT2D eigenvalue weighted by atomic mass is 16.2. The van der Waals surface area contributed by atoms with Crippen LogP contribution in [-0.4, -0.2) is 48.0 Å². The average molecular weight is 388 g/mol. The Morgan fingerprint density at radius 3 is 2.61 bits per heavy atom. The molecule has 7 nitrogen and oxygen atoms in total. The molecule has 3 N–H and O–H groups in total. The zero-order valence-corrected chi connectivity index (χ0v) is 17.6. The van der Waals surface area contributed by atoms with Crippen LogP contribution in [-0.2, 0) is 4.79 Å². The summed E-state index contributed by atoms with van der Waals surface area (Å²) in [5, 5.41) is 9.45. The van der Waals surface area contributed by atoms with Crippen molar-refractivity contribution < 1.29 is 9.59 Å². The van der Waals surface area contributed by atoms with Gasteiger partial charge in [-0.2, -0.15) is 0 Å². The van der Waals surface area contributed by atoms with Crippen LogP contribution in [0.4, 0.5) is 4.79 Å². The maximum absolute atomic E-state index is 12.4. The van der Waals surface area contributed by atoms with Crippen molar-refractivity contribution in [2.45, 2.75) is 59.0 Å². The molecule has 0 radical (unpaired) electrons. The van der Waals surface area contributed by atoms with Gasteiger partial charge in [-0.25, -0.2) is 4.79 Å². The van der Waals surface area contributed by atoms with Crippen molar-refractivity contribution in [2.24, 2.45) is 4.99 Å². The number of nitrogens with one attached hydrogen (secondary N) is 3. The summed E-state index contributed by atoms with van der Waals surface area (Å²) in [7, 11) is 0. The molecule has 1 aliphatic rings. The minimum atomic E-state index is -0.778. The van der Waals surface area contributed by atoms with Gasteiger partial charge in [0.2, 0.25) is 0 Å². The Morgan fingerprint density at radius 1 is 1.29 bits per heavy atom. The first-order valence-corrected chi connectivity index (χ1v) is 10.1. The third-order valence-electron chi connectivity index (χ3n) is 5.21. The van der Waals surface area contributed by atoms with E-state index in [0.717, 1.165) is 12.5 Å². The maximum atomic E-state index is 12.4. The summed E-state index contributed by atoms with van der Waals surface area (Å²) in [6, 6.07) is 8.09. The molecule has 0 spiro atoms. The van der Waals surface area contributed by atoms with Crippen molar-refractivity contribution in [2.75, 3.05) is 19.6 Å². The fraction of sp³-hybridized carbons (Fsp3) is 0.571. The fourth-order valence-corrected chi connectivity index (χ4v) is 3.28. The number of benzene rings is 1. The second-order valence-corrected chi connectivity index (χ2v) is 7.41. The highest BCUT2D eigenvalue weighted by molar-refractivity contribution is 6.06.